The summed E-state index contributed by atoms with van der Waals surface area (Å²) in [5.74, 6) is -0.775. The summed E-state index contributed by atoms with van der Waals surface area (Å²) in [7, 11) is 0. The lowest BCUT2D eigenvalue weighted by atomic mass is 9.99. The number of oxime groups is 1. The molecule has 6 heteroatoms. The van der Waals surface area contributed by atoms with E-state index in [0.717, 1.165) is 28.5 Å². The Morgan fingerprint density at radius 1 is 0.935 bits per heavy atom. The highest BCUT2D eigenvalue weighted by atomic mass is 16.6. The van der Waals surface area contributed by atoms with Gasteiger partial charge in [0.05, 0.1) is 6.04 Å². The molecule has 0 aliphatic carbocycles. The lowest BCUT2D eigenvalue weighted by molar-refractivity contribution is -0.126. The van der Waals surface area contributed by atoms with E-state index in [1.54, 1.807) is 0 Å². The van der Waals surface area contributed by atoms with Gasteiger partial charge in [-0.3, -0.25) is 9.59 Å². The SMILES string of the molecule is Cc1ccc(NC(=O)/C=N\OCC(=O)NC(c2ccccc2)c2ccccc2)c(C)c1. The van der Waals surface area contributed by atoms with Crippen LogP contribution in [0.25, 0.3) is 0 Å². The Morgan fingerprint density at radius 3 is 2.13 bits per heavy atom. The number of carbonyl (C=O) groups excluding carboxylic acids is 2. The Kier molecular flexibility index (Phi) is 7.54. The van der Waals surface area contributed by atoms with Gasteiger partial charge in [-0.2, -0.15) is 0 Å². The second kappa shape index (κ2) is 10.7. The molecule has 158 valence electrons. The summed E-state index contributed by atoms with van der Waals surface area (Å²) in [5, 5.41) is 9.29. The highest BCUT2D eigenvalue weighted by molar-refractivity contribution is 6.31. The zero-order valence-electron chi connectivity index (χ0n) is 17.5. The van der Waals surface area contributed by atoms with Gasteiger partial charge in [0.1, 0.15) is 6.21 Å². The Bertz CT molecular complexity index is 1010. The van der Waals surface area contributed by atoms with Crippen LogP contribution in [-0.2, 0) is 14.4 Å². The minimum atomic E-state index is -0.432. The van der Waals surface area contributed by atoms with Crippen LogP contribution in [0.2, 0.25) is 0 Å². The zero-order chi connectivity index (χ0) is 22.1. The van der Waals surface area contributed by atoms with Gasteiger partial charge in [0.2, 0.25) is 0 Å². The van der Waals surface area contributed by atoms with Crippen molar-refractivity contribution in [2.24, 2.45) is 5.16 Å². The molecule has 31 heavy (non-hydrogen) atoms. The molecule has 3 rings (SSSR count). The molecule has 0 aliphatic heterocycles. The molecule has 0 aliphatic rings. The minimum Gasteiger partial charge on any atom is -0.386 e. The molecule has 0 atom stereocenters. The number of hydrogen-bond donors (Lipinski definition) is 2. The molecule has 0 saturated carbocycles. The summed E-state index contributed by atoms with van der Waals surface area (Å²) in [6.45, 7) is 3.60. The van der Waals surface area contributed by atoms with Crippen molar-refractivity contribution in [2.75, 3.05) is 11.9 Å². The third-order valence-corrected chi connectivity index (χ3v) is 4.65. The van der Waals surface area contributed by atoms with Crippen molar-refractivity contribution >= 4 is 23.7 Å². The number of carbonyl (C=O) groups is 2. The number of anilines is 1. The largest absolute Gasteiger partial charge is 0.386 e. The molecule has 0 heterocycles. The number of nitrogens with one attached hydrogen (secondary N) is 2. The van der Waals surface area contributed by atoms with Crippen molar-refractivity contribution < 1.29 is 14.4 Å². The first-order valence-corrected chi connectivity index (χ1v) is 9.96. The molecule has 2 amide bonds. The predicted octanol–water partition coefficient (Wildman–Crippen LogP) is 4.15. The lowest BCUT2D eigenvalue weighted by Gasteiger charge is -2.19. The smallest absolute Gasteiger partial charge is 0.270 e. The van der Waals surface area contributed by atoms with Gasteiger partial charge in [-0.25, -0.2) is 0 Å². The fourth-order valence-electron chi connectivity index (χ4n) is 3.15. The summed E-state index contributed by atoms with van der Waals surface area (Å²) in [5.41, 5.74) is 4.68. The highest BCUT2D eigenvalue weighted by Gasteiger charge is 2.16. The molecule has 3 aromatic rings. The van der Waals surface area contributed by atoms with E-state index < -0.39 is 5.91 Å². The normalized spacial score (nSPS) is 10.8. The first kappa shape index (κ1) is 21.8. The van der Waals surface area contributed by atoms with Crippen molar-refractivity contribution in [1.29, 1.82) is 0 Å². The Morgan fingerprint density at radius 2 is 1.55 bits per heavy atom. The summed E-state index contributed by atoms with van der Waals surface area (Å²) in [6.07, 6.45) is 1.01. The van der Waals surface area contributed by atoms with Gasteiger partial charge >= 0.3 is 0 Å². The van der Waals surface area contributed by atoms with Gasteiger partial charge in [-0.15, -0.1) is 0 Å². The molecule has 0 spiro atoms. The third-order valence-electron chi connectivity index (χ3n) is 4.65. The Hall–Kier alpha value is -3.93. The number of amides is 2. The van der Waals surface area contributed by atoms with E-state index in [9.17, 15) is 9.59 Å². The van der Waals surface area contributed by atoms with Crippen LogP contribution in [0.3, 0.4) is 0 Å². The van der Waals surface area contributed by atoms with E-state index in [2.05, 4.69) is 15.8 Å². The number of benzene rings is 3. The number of hydrogen-bond acceptors (Lipinski definition) is 4. The summed E-state index contributed by atoms with van der Waals surface area (Å²) in [6, 6.07) is 24.8. The second-order valence-electron chi connectivity index (χ2n) is 7.14. The summed E-state index contributed by atoms with van der Waals surface area (Å²) in [4.78, 5) is 29.4. The van der Waals surface area contributed by atoms with Crippen molar-refractivity contribution in [3.8, 4) is 0 Å². The molecule has 2 N–H and O–H groups in total. The number of rotatable bonds is 8. The van der Waals surface area contributed by atoms with E-state index in [1.807, 2.05) is 92.7 Å². The monoisotopic (exact) mass is 415 g/mol. The fraction of sp³-hybridized carbons (Fsp3) is 0.160. The van der Waals surface area contributed by atoms with E-state index in [1.165, 1.54) is 0 Å². The van der Waals surface area contributed by atoms with E-state index in [-0.39, 0.29) is 18.6 Å². The average Bonchev–Trinajstić information content (AvgIpc) is 2.78. The van der Waals surface area contributed by atoms with Crippen LogP contribution in [0, 0.1) is 13.8 Å². The van der Waals surface area contributed by atoms with Crippen molar-refractivity contribution in [2.45, 2.75) is 19.9 Å². The first-order chi connectivity index (χ1) is 15.0. The van der Waals surface area contributed by atoms with Gasteiger partial charge in [0, 0.05) is 5.69 Å². The van der Waals surface area contributed by atoms with Crippen molar-refractivity contribution in [1.82, 2.24) is 5.32 Å². The highest BCUT2D eigenvalue weighted by Crippen LogP contribution is 2.21. The maximum absolute atomic E-state index is 12.4. The second-order valence-corrected chi connectivity index (χ2v) is 7.14. The van der Waals surface area contributed by atoms with Gasteiger partial charge in [-0.05, 0) is 36.6 Å². The molecule has 6 nitrogen and oxygen atoms in total. The van der Waals surface area contributed by atoms with Crippen LogP contribution in [0.1, 0.15) is 28.3 Å². The molecule has 3 aromatic carbocycles. The molecule has 0 aromatic heterocycles. The summed E-state index contributed by atoms with van der Waals surface area (Å²) >= 11 is 0. The molecule has 0 fully saturated rings. The quantitative estimate of drug-likeness (QED) is 0.428. The van der Waals surface area contributed by atoms with E-state index in [0.29, 0.717) is 5.69 Å². The molecule has 0 radical (unpaired) electrons. The molecular formula is C25H25N3O3. The Labute approximate surface area is 181 Å². The van der Waals surface area contributed by atoms with Crippen molar-refractivity contribution in [3.05, 3.63) is 101 Å². The predicted molar refractivity (Wildman–Crippen MR) is 122 cm³/mol. The van der Waals surface area contributed by atoms with Crippen molar-refractivity contribution in [3.63, 3.8) is 0 Å². The maximum Gasteiger partial charge on any atom is 0.270 e. The topological polar surface area (TPSA) is 79.8 Å². The zero-order valence-corrected chi connectivity index (χ0v) is 17.5. The standard InChI is InChI=1S/C25H25N3O3/c1-18-13-14-22(19(2)15-18)27-23(29)16-26-31-17-24(30)28-25(20-9-5-3-6-10-20)21-11-7-4-8-12-21/h3-16,25H,17H2,1-2H3,(H,27,29)(H,28,30)/b26-16-. The van der Waals surface area contributed by atoms with Crippen LogP contribution < -0.4 is 10.6 Å². The summed E-state index contributed by atoms with van der Waals surface area (Å²) < 4.78 is 0. The Balaban J connectivity index is 1.54. The average molecular weight is 415 g/mol. The minimum absolute atomic E-state index is 0.302. The maximum atomic E-state index is 12.4. The number of nitrogens with zero attached hydrogens (tertiary/aromatic N) is 1. The molecule has 0 bridgehead atoms. The lowest BCUT2D eigenvalue weighted by Crippen LogP contribution is -2.32. The van der Waals surface area contributed by atoms with Gasteiger partial charge in [0.15, 0.2) is 6.61 Å². The molecule has 0 unspecified atom stereocenters. The third kappa shape index (κ3) is 6.54. The first-order valence-electron chi connectivity index (χ1n) is 9.96. The van der Waals surface area contributed by atoms with Crippen LogP contribution in [0.4, 0.5) is 5.69 Å². The molecular weight excluding hydrogens is 390 g/mol. The van der Waals surface area contributed by atoms with Gasteiger partial charge in [-0.1, -0.05) is 83.5 Å². The molecule has 0 saturated heterocycles. The van der Waals surface area contributed by atoms with Gasteiger partial charge in [0.25, 0.3) is 11.8 Å². The van der Waals surface area contributed by atoms with E-state index >= 15 is 0 Å². The van der Waals surface area contributed by atoms with E-state index in [4.69, 9.17) is 4.84 Å². The van der Waals surface area contributed by atoms with Crippen LogP contribution in [0.5, 0.6) is 0 Å². The van der Waals surface area contributed by atoms with Gasteiger partial charge < -0.3 is 15.5 Å². The number of aryl methyl sites for hydroxylation is 2. The van der Waals surface area contributed by atoms with Crippen LogP contribution in [0.15, 0.2) is 84.0 Å². The van der Waals surface area contributed by atoms with Crippen LogP contribution in [-0.4, -0.2) is 24.6 Å². The van der Waals surface area contributed by atoms with Crippen LogP contribution >= 0.6 is 0 Å². The fourth-order valence-corrected chi connectivity index (χ4v) is 3.15.